The zero-order valence-corrected chi connectivity index (χ0v) is 16.9. The molecule has 1 unspecified atom stereocenters. The Morgan fingerprint density at radius 1 is 1.30 bits per heavy atom. The summed E-state index contributed by atoms with van der Waals surface area (Å²) in [5, 5.41) is 0. The molecule has 1 aliphatic heterocycles. The number of esters is 1. The molecule has 0 bridgehead atoms. The SMILES string of the molecule is CCN(C(=O)COC(=O)Cn1c(C(F)(F)F)nc2ccccc21)C1CCS(=O)(=O)C1. The van der Waals surface area contributed by atoms with Gasteiger partial charge in [0.2, 0.25) is 5.82 Å². The number of halogens is 3. The van der Waals surface area contributed by atoms with Crippen molar-refractivity contribution in [3.8, 4) is 0 Å². The Labute approximate surface area is 170 Å². The summed E-state index contributed by atoms with van der Waals surface area (Å²) >= 11 is 0. The first-order valence-electron chi connectivity index (χ1n) is 9.20. The first kappa shape index (κ1) is 22.1. The molecule has 3 rings (SSSR count). The number of imidazole rings is 1. The minimum absolute atomic E-state index is 0.0187. The third-order valence-corrected chi connectivity index (χ3v) is 6.61. The second kappa shape index (κ2) is 8.25. The van der Waals surface area contributed by atoms with E-state index in [4.69, 9.17) is 4.74 Å². The normalized spacial score (nSPS) is 18.5. The smallest absolute Gasteiger partial charge is 0.449 e. The molecule has 1 aromatic carbocycles. The molecule has 1 amide bonds. The minimum Gasteiger partial charge on any atom is -0.454 e. The molecule has 1 fully saturated rings. The van der Waals surface area contributed by atoms with E-state index in [2.05, 4.69) is 4.98 Å². The maximum Gasteiger partial charge on any atom is 0.449 e. The van der Waals surface area contributed by atoms with Gasteiger partial charge in [0.15, 0.2) is 16.4 Å². The van der Waals surface area contributed by atoms with Crippen LogP contribution in [-0.2, 0) is 36.9 Å². The lowest BCUT2D eigenvalue weighted by molar-refractivity contribution is -0.155. The highest BCUT2D eigenvalue weighted by atomic mass is 32.2. The zero-order valence-electron chi connectivity index (χ0n) is 16.1. The van der Waals surface area contributed by atoms with Crippen LogP contribution >= 0.6 is 0 Å². The quantitative estimate of drug-likeness (QED) is 0.625. The number of hydrogen-bond donors (Lipinski definition) is 0. The second-order valence-corrected chi connectivity index (χ2v) is 9.13. The summed E-state index contributed by atoms with van der Waals surface area (Å²) in [7, 11) is -3.21. The number of carbonyl (C=O) groups is 2. The average molecular weight is 447 g/mol. The van der Waals surface area contributed by atoms with Gasteiger partial charge >= 0.3 is 12.1 Å². The number of nitrogens with zero attached hydrogens (tertiary/aromatic N) is 3. The van der Waals surface area contributed by atoms with E-state index in [1.807, 2.05) is 0 Å². The first-order chi connectivity index (χ1) is 14.0. The second-order valence-electron chi connectivity index (χ2n) is 6.91. The van der Waals surface area contributed by atoms with Crippen molar-refractivity contribution in [1.82, 2.24) is 14.5 Å². The largest absolute Gasteiger partial charge is 0.454 e. The van der Waals surface area contributed by atoms with Gasteiger partial charge in [0.1, 0.15) is 6.54 Å². The van der Waals surface area contributed by atoms with Crippen molar-refractivity contribution in [2.24, 2.45) is 0 Å². The predicted molar refractivity (Wildman–Crippen MR) is 100 cm³/mol. The molecule has 8 nitrogen and oxygen atoms in total. The standard InChI is InChI=1S/C18H20F3N3O5S/c1-2-23(12-7-8-30(27,28)11-12)15(25)10-29-16(26)9-24-14-6-4-3-5-13(14)22-17(24)18(19,20)21/h3-6,12H,2,7-11H2,1H3. The monoisotopic (exact) mass is 447 g/mol. The van der Waals surface area contributed by atoms with Gasteiger partial charge in [0.25, 0.3) is 5.91 Å². The van der Waals surface area contributed by atoms with E-state index in [0.29, 0.717) is 11.0 Å². The molecule has 2 aromatic rings. The van der Waals surface area contributed by atoms with Crippen LogP contribution in [0.1, 0.15) is 19.2 Å². The lowest BCUT2D eigenvalue weighted by Crippen LogP contribution is -2.43. The van der Waals surface area contributed by atoms with Crippen LogP contribution in [0.15, 0.2) is 24.3 Å². The fourth-order valence-corrected chi connectivity index (χ4v) is 5.24. The topological polar surface area (TPSA) is 98.6 Å². The van der Waals surface area contributed by atoms with Crippen molar-refractivity contribution in [3.05, 3.63) is 30.1 Å². The predicted octanol–water partition coefficient (Wildman–Crippen LogP) is 1.63. The summed E-state index contributed by atoms with van der Waals surface area (Å²) in [5.41, 5.74) is 0.188. The summed E-state index contributed by atoms with van der Waals surface area (Å²) in [6.07, 6.45) is -4.48. The van der Waals surface area contributed by atoms with Gasteiger partial charge in [-0.3, -0.25) is 9.59 Å². The van der Waals surface area contributed by atoms with Gasteiger partial charge in [-0.15, -0.1) is 0 Å². The number of fused-ring (bicyclic) bond motifs is 1. The molecular weight excluding hydrogens is 427 g/mol. The molecule has 0 N–H and O–H groups in total. The molecule has 0 radical (unpaired) electrons. The molecule has 164 valence electrons. The highest BCUT2D eigenvalue weighted by molar-refractivity contribution is 7.91. The third kappa shape index (κ3) is 4.74. The molecule has 30 heavy (non-hydrogen) atoms. The molecular formula is C18H20F3N3O5S. The molecule has 0 saturated carbocycles. The van der Waals surface area contributed by atoms with Gasteiger partial charge in [-0.1, -0.05) is 12.1 Å². The van der Waals surface area contributed by atoms with Gasteiger partial charge in [0, 0.05) is 12.6 Å². The van der Waals surface area contributed by atoms with Crippen molar-refractivity contribution >= 4 is 32.7 Å². The van der Waals surface area contributed by atoms with Gasteiger partial charge < -0.3 is 14.2 Å². The molecule has 12 heteroatoms. The lowest BCUT2D eigenvalue weighted by atomic mass is 10.2. The number of amides is 1. The number of ether oxygens (including phenoxy) is 1. The summed E-state index contributed by atoms with van der Waals surface area (Å²) in [6.45, 7) is 0.433. The van der Waals surface area contributed by atoms with Crippen molar-refractivity contribution in [2.75, 3.05) is 24.7 Å². The molecule has 0 aliphatic carbocycles. The van der Waals surface area contributed by atoms with Gasteiger partial charge in [0.05, 0.1) is 22.5 Å². The summed E-state index contributed by atoms with van der Waals surface area (Å²) in [4.78, 5) is 29.4. The van der Waals surface area contributed by atoms with Gasteiger partial charge in [-0.05, 0) is 25.5 Å². The van der Waals surface area contributed by atoms with Crippen LogP contribution in [0.5, 0.6) is 0 Å². The Hall–Kier alpha value is -2.63. The Morgan fingerprint density at radius 3 is 2.60 bits per heavy atom. The lowest BCUT2D eigenvalue weighted by Gasteiger charge is -2.26. The molecule has 2 heterocycles. The van der Waals surface area contributed by atoms with E-state index in [1.165, 1.54) is 29.2 Å². The van der Waals surface area contributed by atoms with E-state index in [1.54, 1.807) is 6.92 Å². The van der Waals surface area contributed by atoms with E-state index < -0.39 is 52.9 Å². The molecule has 1 saturated heterocycles. The average Bonchev–Trinajstić information content (AvgIpc) is 3.21. The number of hydrogen-bond acceptors (Lipinski definition) is 6. The van der Waals surface area contributed by atoms with Crippen LogP contribution in [0.25, 0.3) is 11.0 Å². The minimum atomic E-state index is -4.78. The number of alkyl halides is 3. The Balaban J connectivity index is 1.68. The highest BCUT2D eigenvalue weighted by Gasteiger charge is 2.38. The van der Waals surface area contributed by atoms with Crippen LogP contribution < -0.4 is 0 Å². The van der Waals surface area contributed by atoms with Crippen LogP contribution in [-0.4, -0.2) is 65.4 Å². The van der Waals surface area contributed by atoms with E-state index in [-0.39, 0.29) is 29.1 Å². The van der Waals surface area contributed by atoms with E-state index in [0.717, 1.165) is 0 Å². The molecule has 1 aromatic heterocycles. The molecule has 0 spiro atoms. The highest BCUT2D eigenvalue weighted by Crippen LogP contribution is 2.31. The summed E-state index contributed by atoms with van der Waals surface area (Å²) in [6, 6.07) is 5.34. The maximum absolute atomic E-state index is 13.3. The number of para-hydroxylation sites is 2. The number of aromatic nitrogens is 2. The van der Waals surface area contributed by atoms with Gasteiger partial charge in [-0.25, -0.2) is 13.4 Å². The van der Waals surface area contributed by atoms with E-state index >= 15 is 0 Å². The maximum atomic E-state index is 13.3. The number of benzene rings is 1. The molecule has 1 atom stereocenters. The fourth-order valence-electron chi connectivity index (χ4n) is 3.51. The Kier molecular flexibility index (Phi) is 6.06. The number of carbonyl (C=O) groups excluding carboxylic acids is 2. The fraction of sp³-hybridized carbons (Fsp3) is 0.500. The van der Waals surface area contributed by atoms with Crippen molar-refractivity contribution in [1.29, 1.82) is 0 Å². The van der Waals surface area contributed by atoms with Crippen LogP contribution in [0, 0.1) is 0 Å². The van der Waals surface area contributed by atoms with Crippen LogP contribution in [0.3, 0.4) is 0 Å². The van der Waals surface area contributed by atoms with Crippen LogP contribution in [0.2, 0.25) is 0 Å². The first-order valence-corrected chi connectivity index (χ1v) is 11.0. The van der Waals surface area contributed by atoms with Crippen molar-refractivity contribution < 1.29 is 35.9 Å². The van der Waals surface area contributed by atoms with Crippen molar-refractivity contribution in [3.63, 3.8) is 0 Å². The zero-order chi connectivity index (χ0) is 22.1. The Bertz CT molecular complexity index is 1060. The van der Waals surface area contributed by atoms with Crippen molar-refractivity contribution in [2.45, 2.75) is 32.1 Å². The molecule has 1 aliphatic rings. The summed E-state index contributed by atoms with van der Waals surface area (Å²) in [5.74, 6) is -3.05. The number of likely N-dealkylation sites (N-methyl/N-ethyl adjacent to an activating group) is 1. The third-order valence-electron chi connectivity index (χ3n) is 4.86. The Morgan fingerprint density at radius 2 is 2.00 bits per heavy atom. The number of rotatable bonds is 6. The van der Waals surface area contributed by atoms with Crippen LogP contribution in [0.4, 0.5) is 13.2 Å². The van der Waals surface area contributed by atoms with Gasteiger partial charge in [-0.2, -0.15) is 13.2 Å². The van der Waals surface area contributed by atoms with E-state index in [9.17, 15) is 31.2 Å². The number of sulfone groups is 1. The summed E-state index contributed by atoms with van der Waals surface area (Å²) < 4.78 is 68.7.